The Hall–Kier alpha value is -1.62. The highest BCUT2D eigenvalue weighted by atomic mass is 35.5. The Labute approximate surface area is 104 Å². The van der Waals surface area contributed by atoms with E-state index in [1.807, 2.05) is 10.9 Å². The highest BCUT2D eigenvalue weighted by molar-refractivity contribution is 6.16. The zero-order chi connectivity index (χ0) is 12.1. The highest BCUT2D eigenvalue weighted by Gasteiger charge is 2.02. The van der Waals surface area contributed by atoms with Crippen molar-refractivity contribution in [3.8, 4) is 11.6 Å². The topological polar surface area (TPSA) is 52.8 Å². The minimum absolute atomic E-state index is 0.349. The molecule has 0 atom stereocenters. The lowest BCUT2D eigenvalue weighted by Gasteiger charge is -2.00. The SMILES string of the molecule is CCCn1cc(Oc2ccc(CCl)nn2)cn1. The van der Waals surface area contributed by atoms with E-state index in [0.29, 0.717) is 17.5 Å². The van der Waals surface area contributed by atoms with Crippen LogP contribution >= 0.6 is 11.6 Å². The number of halogens is 1. The molecule has 0 aliphatic rings. The minimum atomic E-state index is 0.349. The number of alkyl halides is 1. The second kappa shape index (κ2) is 5.63. The number of ether oxygens (including phenoxy) is 1. The molecule has 0 saturated heterocycles. The maximum Gasteiger partial charge on any atom is 0.239 e. The Morgan fingerprint density at radius 3 is 2.88 bits per heavy atom. The molecule has 0 bridgehead atoms. The van der Waals surface area contributed by atoms with Crippen molar-refractivity contribution in [3.05, 3.63) is 30.2 Å². The van der Waals surface area contributed by atoms with Crippen LogP contribution in [0.3, 0.4) is 0 Å². The zero-order valence-electron chi connectivity index (χ0n) is 9.51. The largest absolute Gasteiger partial charge is 0.434 e. The van der Waals surface area contributed by atoms with Crippen molar-refractivity contribution < 1.29 is 4.74 Å². The maximum atomic E-state index is 5.62. The van der Waals surface area contributed by atoms with E-state index in [4.69, 9.17) is 16.3 Å². The fourth-order valence-corrected chi connectivity index (χ4v) is 1.49. The molecule has 0 saturated carbocycles. The summed E-state index contributed by atoms with van der Waals surface area (Å²) in [5.41, 5.74) is 0.723. The lowest BCUT2D eigenvalue weighted by Crippen LogP contribution is -1.95. The molecule has 2 rings (SSSR count). The molecule has 0 spiro atoms. The predicted octanol–water partition coefficient (Wildman–Crippen LogP) is 2.61. The van der Waals surface area contributed by atoms with Crippen molar-refractivity contribution in [2.45, 2.75) is 25.8 Å². The monoisotopic (exact) mass is 252 g/mol. The Morgan fingerprint density at radius 2 is 2.24 bits per heavy atom. The Kier molecular flexibility index (Phi) is 3.93. The van der Waals surface area contributed by atoms with Crippen LogP contribution in [0, 0.1) is 0 Å². The van der Waals surface area contributed by atoms with Gasteiger partial charge in [-0.15, -0.1) is 16.7 Å². The lowest BCUT2D eigenvalue weighted by molar-refractivity contribution is 0.453. The number of hydrogen-bond acceptors (Lipinski definition) is 4. The van der Waals surface area contributed by atoms with E-state index in [0.717, 1.165) is 18.7 Å². The van der Waals surface area contributed by atoms with Crippen molar-refractivity contribution in [2.75, 3.05) is 0 Å². The van der Waals surface area contributed by atoms with Gasteiger partial charge in [-0.1, -0.05) is 6.92 Å². The predicted molar refractivity (Wildman–Crippen MR) is 64.2 cm³/mol. The fraction of sp³-hybridized carbons (Fsp3) is 0.364. The summed E-state index contributed by atoms with van der Waals surface area (Å²) in [5, 5.41) is 12.0. The summed E-state index contributed by atoms with van der Waals surface area (Å²) < 4.78 is 7.33. The fourth-order valence-electron chi connectivity index (χ4n) is 1.34. The van der Waals surface area contributed by atoms with Crippen LogP contribution in [0.15, 0.2) is 24.5 Å². The van der Waals surface area contributed by atoms with Gasteiger partial charge in [-0.2, -0.15) is 10.2 Å². The van der Waals surface area contributed by atoms with E-state index in [1.165, 1.54) is 0 Å². The van der Waals surface area contributed by atoms with Crippen molar-refractivity contribution >= 4 is 11.6 Å². The quantitative estimate of drug-likeness (QED) is 0.768. The average molecular weight is 253 g/mol. The molecule has 2 heterocycles. The van der Waals surface area contributed by atoms with E-state index in [2.05, 4.69) is 22.2 Å². The molecule has 0 radical (unpaired) electrons. The molecular weight excluding hydrogens is 240 g/mol. The van der Waals surface area contributed by atoms with Crippen LogP contribution in [0.4, 0.5) is 0 Å². The van der Waals surface area contributed by atoms with Gasteiger partial charge in [-0.3, -0.25) is 4.68 Å². The first-order valence-electron chi connectivity index (χ1n) is 5.40. The average Bonchev–Trinajstić information content (AvgIpc) is 2.78. The van der Waals surface area contributed by atoms with Crippen molar-refractivity contribution in [1.29, 1.82) is 0 Å². The standard InChI is InChI=1S/C11H13ClN4O/c1-2-5-16-8-10(7-13-16)17-11-4-3-9(6-12)14-15-11/h3-4,7-8H,2,5-6H2,1H3. The van der Waals surface area contributed by atoms with Gasteiger partial charge >= 0.3 is 0 Å². The van der Waals surface area contributed by atoms with Crippen molar-refractivity contribution in [1.82, 2.24) is 20.0 Å². The van der Waals surface area contributed by atoms with Crippen LogP contribution in [0.1, 0.15) is 19.0 Å². The molecule has 0 fully saturated rings. The molecule has 0 aromatic carbocycles. The van der Waals surface area contributed by atoms with Gasteiger partial charge in [0.1, 0.15) is 0 Å². The van der Waals surface area contributed by atoms with E-state index in [1.54, 1.807) is 18.3 Å². The van der Waals surface area contributed by atoms with Crippen LogP contribution in [0.5, 0.6) is 11.6 Å². The van der Waals surface area contributed by atoms with Gasteiger partial charge < -0.3 is 4.74 Å². The summed E-state index contributed by atoms with van der Waals surface area (Å²) in [6.07, 6.45) is 4.53. The molecule has 0 aliphatic heterocycles. The molecule has 0 N–H and O–H groups in total. The molecule has 6 heteroatoms. The van der Waals surface area contributed by atoms with Crippen molar-refractivity contribution in [2.24, 2.45) is 0 Å². The van der Waals surface area contributed by atoms with E-state index in [-0.39, 0.29) is 0 Å². The van der Waals surface area contributed by atoms with E-state index >= 15 is 0 Å². The first-order chi connectivity index (χ1) is 8.31. The molecule has 0 aliphatic carbocycles. The summed E-state index contributed by atoms with van der Waals surface area (Å²) >= 11 is 5.62. The third-order valence-electron chi connectivity index (χ3n) is 2.12. The second-order valence-electron chi connectivity index (χ2n) is 3.54. The molecule has 2 aromatic heterocycles. The summed E-state index contributed by atoms with van der Waals surface area (Å²) in [7, 11) is 0. The van der Waals surface area contributed by atoms with Gasteiger partial charge in [0.25, 0.3) is 0 Å². The molecule has 17 heavy (non-hydrogen) atoms. The third-order valence-corrected chi connectivity index (χ3v) is 2.39. The van der Waals surface area contributed by atoms with Gasteiger partial charge in [-0.05, 0) is 12.5 Å². The number of rotatable bonds is 5. The van der Waals surface area contributed by atoms with Gasteiger partial charge in [0.05, 0.1) is 24.0 Å². The number of aromatic nitrogens is 4. The van der Waals surface area contributed by atoms with E-state index in [9.17, 15) is 0 Å². The van der Waals surface area contributed by atoms with Crippen LogP contribution in [0.2, 0.25) is 0 Å². The molecule has 2 aromatic rings. The number of aryl methyl sites for hydroxylation is 1. The van der Waals surface area contributed by atoms with Crippen LogP contribution in [-0.4, -0.2) is 20.0 Å². The third kappa shape index (κ3) is 3.17. The normalized spacial score (nSPS) is 10.5. The Balaban J connectivity index is 2.03. The summed E-state index contributed by atoms with van der Waals surface area (Å²) in [5.74, 6) is 1.45. The van der Waals surface area contributed by atoms with Crippen LogP contribution in [0.25, 0.3) is 0 Å². The Bertz CT molecular complexity index is 469. The highest BCUT2D eigenvalue weighted by Crippen LogP contribution is 2.17. The summed E-state index contributed by atoms with van der Waals surface area (Å²) in [6.45, 7) is 2.97. The van der Waals surface area contributed by atoms with Crippen molar-refractivity contribution in [3.63, 3.8) is 0 Å². The molecule has 90 valence electrons. The lowest BCUT2D eigenvalue weighted by atomic mass is 10.4. The smallest absolute Gasteiger partial charge is 0.239 e. The summed E-state index contributed by atoms with van der Waals surface area (Å²) in [4.78, 5) is 0. The first-order valence-corrected chi connectivity index (χ1v) is 5.94. The molecule has 5 nitrogen and oxygen atoms in total. The molecular formula is C11H13ClN4O. The van der Waals surface area contributed by atoms with Crippen LogP contribution in [-0.2, 0) is 12.4 Å². The summed E-state index contributed by atoms with van der Waals surface area (Å²) in [6, 6.07) is 3.52. The second-order valence-corrected chi connectivity index (χ2v) is 3.80. The van der Waals surface area contributed by atoms with Crippen LogP contribution < -0.4 is 4.74 Å². The zero-order valence-corrected chi connectivity index (χ0v) is 10.3. The van der Waals surface area contributed by atoms with Gasteiger partial charge in [0.2, 0.25) is 5.88 Å². The van der Waals surface area contributed by atoms with Gasteiger partial charge in [-0.25, -0.2) is 0 Å². The van der Waals surface area contributed by atoms with Gasteiger partial charge in [0.15, 0.2) is 5.75 Å². The molecule has 0 unspecified atom stereocenters. The maximum absolute atomic E-state index is 5.62. The number of nitrogens with zero attached hydrogens (tertiary/aromatic N) is 4. The first kappa shape index (κ1) is 11.9. The van der Waals surface area contributed by atoms with E-state index < -0.39 is 0 Å². The Morgan fingerprint density at radius 1 is 1.35 bits per heavy atom. The molecule has 0 amide bonds. The minimum Gasteiger partial charge on any atom is -0.434 e. The number of hydrogen-bond donors (Lipinski definition) is 0. The van der Waals surface area contributed by atoms with Gasteiger partial charge in [0, 0.05) is 12.6 Å².